The van der Waals surface area contributed by atoms with E-state index in [-0.39, 0.29) is 10.6 Å². The van der Waals surface area contributed by atoms with Gasteiger partial charge in [-0.3, -0.25) is 0 Å². The summed E-state index contributed by atoms with van der Waals surface area (Å²) in [5, 5.41) is 2.98. The average molecular weight is 364 g/mol. The molecule has 0 bridgehead atoms. The number of aryl methyl sites for hydroxylation is 1. The summed E-state index contributed by atoms with van der Waals surface area (Å²) >= 11 is 7.16. The fourth-order valence-electron chi connectivity index (χ4n) is 2.12. The summed E-state index contributed by atoms with van der Waals surface area (Å²) in [4.78, 5) is 4.71. The molecule has 0 aliphatic heterocycles. The number of thiazole rings is 1. The second-order valence-corrected chi connectivity index (χ2v) is 8.57. The molecule has 0 radical (unpaired) electrons. The van der Waals surface area contributed by atoms with Gasteiger partial charge in [-0.15, -0.1) is 11.3 Å². The van der Waals surface area contributed by atoms with E-state index in [0.717, 1.165) is 11.3 Å². The normalized spacial score (nSPS) is 11.6. The van der Waals surface area contributed by atoms with Crippen molar-refractivity contribution in [3.63, 3.8) is 0 Å². The van der Waals surface area contributed by atoms with E-state index in [9.17, 15) is 8.42 Å². The zero-order valence-electron chi connectivity index (χ0n) is 12.4. The molecule has 0 aliphatic rings. The van der Waals surface area contributed by atoms with E-state index < -0.39 is 9.84 Å². The Morgan fingerprint density at radius 3 is 2.35 bits per heavy atom. The lowest BCUT2D eigenvalue weighted by Crippen LogP contribution is -2.04. The third kappa shape index (κ3) is 3.80. The Kier molecular flexibility index (Phi) is 4.53. The largest absolute Gasteiger partial charge is 0.240 e. The molecule has 6 heteroatoms. The zero-order chi connectivity index (χ0) is 16.4. The first-order chi connectivity index (χ1) is 10.9. The minimum absolute atomic E-state index is 0.106. The first kappa shape index (κ1) is 16.2. The fourth-order valence-corrected chi connectivity index (χ4v) is 4.68. The van der Waals surface area contributed by atoms with Crippen LogP contribution in [-0.4, -0.2) is 13.4 Å². The van der Waals surface area contributed by atoms with Crippen molar-refractivity contribution in [1.82, 2.24) is 4.98 Å². The molecule has 0 saturated carbocycles. The highest BCUT2D eigenvalue weighted by molar-refractivity contribution is 7.90. The lowest BCUT2D eigenvalue weighted by Gasteiger charge is -2.02. The van der Waals surface area contributed by atoms with Gasteiger partial charge in [0.1, 0.15) is 10.8 Å². The van der Waals surface area contributed by atoms with Gasteiger partial charge in [0.05, 0.1) is 10.6 Å². The maximum absolute atomic E-state index is 12.4. The number of benzene rings is 2. The molecule has 1 aromatic heterocycles. The van der Waals surface area contributed by atoms with E-state index in [0.29, 0.717) is 10.0 Å². The molecule has 23 heavy (non-hydrogen) atoms. The third-order valence-corrected chi connectivity index (χ3v) is 6.31. The molecule has 3 rings (SSSR count). The van der Waals surface area contributed by atoms with Crippen LogP contribution < -0.4 is 0 Å². The molecule has 0 amide bonds. The van der Waals surface area contributed by atoms with E-state index in [1.807, 2.05) is 36.6 Å². The van der Waals surface area contributed by atoms with Gasteiger partial charge >= 0.3 is 0 Å². The van der Waals surface area contributed by atoms with Crippen molar-refractivity contribution < 1.29 is 8.42 Å². The Balaban J connectivity index is 1.83. The Labute approximate surface area is 144 Å². The number of rotatable bonds is 4. The maximum atomic E-state index is 12.4. The van der Waals surface area contributed by atoms with E-state index in [1.54, 1.807) is 12.1 Å². The number of nitrogens with zero attached hydrogens (tertiary/aromatic N) is 1. The molecule has 0 spiro atoms. The summed E-state index contributed by atoms with van der Waals surface area (Å²) in [6.45, 7) is 2.02. The van der Waals surface area contributed by atoms with Crippen LogP contribution in [0.3, 0.4) is 0 Å². The minimum Gasteiger partial charge on any atom is -0.240 e. The Bertz CT molecular complexity index is 914. The fraction of sp³-hybridized carbons (Fsp3) is 0.118. The Morgan fingerprint density at radius 1 is 1.04 bits per heavy atom. The second kappa shape index (κ2) is 6.43. The quantitative estimate of drug-likeness (QED) is 0.672. The zero-order valence-corrected chi connectivity index (χ0v) is 14.8. The number of hydrogen-bond acceptors (Lipinski definition) is 4. The van der Waals surface area contributed by atoms with Crippen molar-refractivity contribution in [2.24, 2.45) is 0 Å². The highest BCUT2D eigenvalue weighted by atomic mass is 35.5. The molecule has 0 atom stereocenters. The molecular weight excluding hydrogens is 350 g/mol. The summed E-state index contributed by atoms with van der Waals surface area (Å²) < 4.78 is 24.9. The van der Waals surface area contributed by atoms with Crippen molar-refractivity contribution >= 4 is 32.8 Å². The average Bonchev–Trinajstić information content (AvgIpc) is 2.96. The lowest BCUT2D eigenvalue weighted by molar-refractivity contribution is 0.595. The Hall–Kier alpha value is -1.69. The smallest absolute Gasteiger partial charge is 0.184 e. The van der Waals surface area contributed by atoms with Crippen molar-refractivity contribution in [1.29, 1.82) is 0 Å². The molecule has 0 N–H and O–H groups in total. The third-order valence-electron chi connectivity index (χ3n) is 3.39. The number of sulfone groups is 1. The van der Waals surface area contributed by atoms with Gasteiger partial charge in [0, 0.05) is 16.0 Å². The van der Waals surface area contributed by atoms with Crippen LogP contribution in [0.25, 0.3) is 11.3 Å². The highest BCUT2D eigenvalue weighted by Gasteiger charge is 2.18. The molecule has 1 heterocycles. The van der Waals surface area contributed by atoms with Crippen molar-refractivity contribution in [2.75, 3.05) is 0 Å². The number of hydrogen-bond donors (Lipinski definition) is 0. The van der Waals surface area contributed by atoms with Gasteiger partial charge in [-0.1, -0.05) is 41.4 Å². The van der Waals surface area contributed by atoms with E-state index >= 15 is 0 Å². The van der Waals surface area contributed by atoms with Crippen LogP contribution in [0.15, 0.2) is 58.8 Å². The van der Waals surface area contributed by atoms with E-state index in [2.05, 4.69) is 4.98 Å². The van der Waals surface area contributed by atoms with Gasteiger partial charge in [-0.05, 0) is 31.2 Å². The number of aromatic nitrogens is 1. The first-order valence-corrected chi connectivity index (χ1v) is 9.85. The molecule has 3 nitrogen and oxygen atoms in total. The predicted octanol–water partition coefficient (Wildman–Crippen LogP) is 4.75. The number of halogens is 1. The summed E-state index contributed by atoms with van der Waals surface area (Å²) in [6.07, 6.45) is 0. The molecule has 118 valence electrons. The molecule has 0 saturated heterocycles. The minimum atomic E-state index is -3.42. The molecule has 0 fully saturated rings. The predicted molar refractivity (Wildman–Crippen MR) is 94.6 cm³/mol. The van der Waals surface area contributed by atoms with Crippen LogP contribution >= 0.6 is 22.9 Å². The van der Waals surface area contributed by atoms with E-state index in [1.165, 1.54) is 29.0 Å². The standard InChI is InChI=1S/C17H14ClNO2S2/c1-12-2-4-13(5-3-12)16-10-22-17(19-16)11-23(20,21)15-8-6-14(18)7-9-15/h2-10H,11H2,1H3. The van der Waals surface area contributed by atoms with Crippen LogP contribution in [-0.2, 0) is 15.6 Å². The first-order valence-electron chi connectivity index (χ1n) is 6.94. The molecular formula is C17H14ClNO2S2. The van der Waals surface area contributed by atoms with E-state index in [4.69, 9.17) is 11.6 Å². The van der Waals surface area contributed by atoms with Gasteiger partial charge in [-0.25, -0.2) is 13.4 Å². The van der Waals surface area contributed by atoms with Crippen LogP contribution in [0.5, 0.6) is 0 Å². The molecule has 0 unspecified atom stereocenters. The summed E-state index contributed by atoms with van der Waals surface area (Å²) in [6, 6.07) is 14.2. The lowest BCUT2D eigenvalue weighted by atomic mass is 10.1. The monoisotopic (exact) mass is 363 g/mol. The molecule has 0 aliphatic carbocycles. The van der Waals surface area contributed by atoms with Gasteiger partial charge in [0.2, 0.25) is 0 Å². The second-order valence-electron chi connectivity index (χ2n) is 5.21. The van der Waals surface area contributed by atoms with Gasteiger partial charge < -0.3 is 0 Å². The summed E-state index contributed by atoms with van der Waals surface area (Å²) in [7, 11) is -3.42. The van der Waals surface area contributed by atoms with Crippen LogP contribution in [0.2, 0.25) is 5.02 Å². The molecule has 2 aromatic carbocycles. The van der Waals surface area contributed by atoms with Crippen LogP contribution in [0.4, 0.5) is 0 Å². The summed E-state index contributed by atoms with van der Waals surface area (Å²) in [5.74, 6) is -0.106. The SMILES string of the molecule is Cc1ccc(-c2csc(CS(=O)(=O)c3ccc(Cl)cc3)n2)cc1. The summed E-state index contributed by atoms with van der Waals surface area (Å²) in [5.41, 5.74) is 2.97. The van der Waals surface area contributed by atoms with Crippen molar-refractivity contribution in [2.45, 2.75) is 17.6 Å². The van der Waals surface area contributed by atoms with Crippen molar-refractivity contribution in [3.05, 3.63) is 69.5 Å². The van der Waals surface area contributed by atoms with Crippen molar-refractivity contribution in [3.8, 4) is 11.3 Å². The highest BCUT2D eigenvalue weighted by Crippen LogP contribution is 2.25. The van der Waals surface area contributed by atoms with Gasteiger partial charge in [0.15, 0.2) is 9.84 Å². The van der Waals surface area contributed by atoms with Crippen LogP contribution in [0.1, 0.15) is 10.6 Å². The van der Waals surface area contributed by atoms with Gasteiger partial charge in [0.25, 0.3) is 0 Å². The molecule has 3 aromatic rings. The maximum Gasteiger partial charge on any atom is 0.184 e. The van der Waals surface area contributed by atoms with Crippen LogP contribution in [0, 0.1) is 6.92 Å². The Morgan fingerprint density at radius 2 is 1.70 bits per heavy atom. The topological polar surface area (TPSA) is 47.0 Å². The van der Waals surface area contributed by atoms with Gasteiger partial charge in [-0.2, -0.15) is 0 Å².